The Labute approximate surface area is 164 Å². The Morgan fingerprint density at radius 3 is 2.22 bits per heavy atom. The second-order valence-electron chi connectivity index (χ2n) is 6.57. The average molecular weight is 399 g/mol. The number of anilines is 1. The number of sulfonamides is 1. The summed E-state index contributed by atoms with van der Waals surface area (Å²) in [5.74, 6) is 0. The lowest BCUT2D eigenvalue weighted by atomic mass is 10.1. The highest BCUT2D eigenvalue weighted by atomic mass is 32.2. The molecule has 27 heavy (non-hydrogen) atoms. The number of hydrogen-bond donors (Lipinski definition) is 0. The summed E-state index contributed by atoms with van der Waals surface area (Å²) in [5, 5.41) is 2.00. The van der Waals surface area contributed by atoms with E-state index in [1.807, 2.05) is 42.5 Å². The summed E-state index contributed by atoms with van der Waals surface area (Å²) in [4.78, 5) is 3.88. The number of nitrogens with zero attached hydrogens (tertiary/aromatic N) is 2. The van der Waals surface area contributed by atoms with E-state index in [1.165, 1.54) is 10.6 Å². The molecule has 0 aromatic heterocycles. The van der Waals surface area contributed by atoms with Crippen molar-refractivity contribution in [1.82, 2.24) is 4.31 Å². The molecule has 0 spiro atoms. The van der Waals surface area contributed by atoms with Crippen LogP contribution in [0.1, 0.15) is 0 Å². The van der Waals surface area contributed by atoms with Gasteiger partial charge in [0, 0.05) is 31.1 Å². The summed E-state index contributed by atoms with van der Waals surface area (Å²) >= 11 is 1.72. The lowest BCUT2D eigenvalue weighted by molar-refractivity contribution is 0.384. The average Bonchev–Trinajstić information content (AvgIpc) is 2.73. The van der Waals surface area contributed by atoms with Crippen molar-refractivity contribution in [2.45, 2.75) is 9.79 Å². The van der Waals surface area contributed by atoms with Gasteiger partial charge in [0.2, 0.25) is 10.0 Å². The maximum absolute atomic E-state index is 13.1. The quantitative estimate of drug-likeness (QED) is 0.621. The van der Waals surface area contributed by atoms with Crippen LogP contribution >= 0.6 is 11.8 Å². The molecule has 1 fully saturated rings. The van der Waals surface area contributed by atoms with E-state index in [0.29, 0.717) is 31.1 Å². The Morgan fingerprint density at radius 1 is 0.815 bits per heavy atom. The highest BCUT2D eigenvalue weighted by molar-refractivity contribution is 7.98. The van der Waals surface area contributed by atoms with Gasteiger partial charge in [-0.2, -0.15) is 4.31 Å². The van der Waals surface area contributed by atoms with Crippen LogP contribution in [-0.4, -0.2) is 45.2 Å². The standard InChI is InChI=1S/C21H22N2O2S2/c1-26-21-9-5-4-8-20(21)22-12-14-23(15-13-22)27(24,25)19-11-10-17-6-2-3-7-18(17)16-19/h2-11,16H,12-15H2,1H3. The maximum atomic E-state index is 13.1. The fraction of sp³-hybridized carbons (Fsp3) is 0.238. The molecule has 0 amide bonds. The van der Waals surface area contributed by atoms with Crippen LogP contribution in [0.4, 0.5) is 5.69 Å². The van der Waals surface area contributed by atoms with E-state index >= 15 is 0 Å². The van der Waals surface area contributed by atoms with Crippen molar-refractivity contribution >= 4 is 38.2 Å². The number of rotatable bonds is 4. The molecule has 1 aliphatic heterocycles. The summed E-state index contributed by atoms with van der Waals surface area (Å²) < 4.78 is 27.8. The molecular formula is C21H22N2O2S2. The molecule has 0 bridgehead atoms. The zero-order valence-corrected chi connectivity index (χ0v) is 16.8. The van der Waals surface area contributed by atoms with E-state index in [1.54, 1.807) is 28.2 Å². The first kappa shape index (κ1) is 18.3. The zero-order chi connectivity index (χ0) is 18.9. The monoisotopic (exact) mass is 398 g/mol. The van der Waals surface area contributed by atoms with E-state index < -0.39 is 10.0 Å². The van der Waals surface area contributed by atoms with E-state index in [9.17, 15) is 8.42 Å². The third-order valence-corrected chi connectivity index (χ3v) is 7.70. The van der Waals surface area contributed by atoms with Crippen molar-refractivity contribution in [2.24, 2.45) is 0 Å². The molecule has 1 saturated heterocycles. The van der Waals surface area contributed by atoms with Crippen LogP contribution < -0.4 is 4.90 Å². The largest absolute Gasteiger partial charge is 0.368 e. The van der Waals surface area contributed by atoms with Crippen LogP contribution in [0.25, 0.3) is 10.8 Å². The highest BCUT2D eigenvalue weighted by Gasteiger charge is 2.29. The molecule has 0 atom stereocenters. The minimum atomic E-state index is -3.47. The predicted molar refractivity (Wildman–Crippen MR) is 113 cm³/mol. The Morgan fingerprint density at radius 2 is 1.48 bits per heavy atom. The number of fused-ring (bicyclic) bond motifs is 1. The number of piperazine rings is 1. The molecular weight excluding hydrogens is 376 g/mol. The van der Waals surface area contributed by atoms with Gasteiger partial charge in [-0.25, -0.2) is 8.42 Å². The normalized spacial score (nSPS) is 16.0. The van der Waals surface area contributed by atoms with E-state index in [-0.39, 0.29) is 0 Å². The van der Waals surface area contributed by atoms with Crippen molar-refractivity contribution in [3.05, 3.63) is 66.7 Å². The van der Waals surface area contributed by atoms with Gasteiger partial charge in [0.05, 0.1) is 10.6 Å². The minimum Gasteiger partial charge on any atom is -0.368 e. The van der Waals surface area contributed by atoms with Gasteiger partial charge in [-0.1, -0.05) is 42.5 Å². The molecule has 0 aliphatic carbocycles. The van der Waals surface area contributed by atoms with Crippen LogP contribution in [0.3, 0.4) is 0 Å². The van der Waals surface area contributed by atoms with Crippen LogP contribution in [0, 0.1) is 0 Å². The molecule has 0 saturated carbocycles. The molecule has 140 valence electrons. The van der Waals surface area contributed by atoms with Gasteiger partial charge in [-0.15, -0.1) is 11.8 Å². The molecule has 1 aliphatic rings. The Kier molecular flexibility index (Phi) is 5.12. The first-order chi connectivity index (χ1) is 13.1. The van der Waals surface area contributed by atoms with Crippen molar-refractivity contribution in [3.8, 4) is 0 Å². The molecule has 6 heteroatoms. The molecule has 1 heterocycles. The van der Waals surface area contributed by atoms with Gasteiger partial charge in [-0.3, -0.25) is 0 Å². The smallest absolute Gasteiger partial charge is 0.243 e. The fourth-order valence-corrected chi connectivity index (χ4v) is 5.62. The SMILES string of the molecule is CSc1ccccc1N1CCN(S(=O)(=O)c2ccc3ccccc3c2)CC1. The van der Waals surface area contributed by atoms with E-state index in [0.717, 1.165) is 10.8 Å². The second-order valence-corrected chi connectivity index (χ2v) is 9.36. The number of thioether (sulfide) groups is 1. The summed E-state index contributed by atoms with van der Waals surface area (Å²) in [6, 6.07) is 21.5. The van der Waals surface area contributed by atoms with Gasteiger partial charge in [-0.05, 0) is 41.3 Å². The van der Waals surface area contributed by atoms with Gasteiger partial charge in [0.15, 0.2) is 0 Å². The summed E-state index contributed by atoms with van der Waals surface area (Å²) in [6.45, 7) is 2.39. The molecule has 4 rings (SSSR count). The Bertz CT molecular complexity index is 1060. The molecule has 3 aromatic carbocycles. The third kappa shape index (κ3) is 3.57. The van der Waals surface area contributed by atoms with Crippen LogP contribution in [0.2, 0.25) is 0 Å². The van der Waals surface area contributed by atoms with Gasteiger partial charge >= 0.3 is 0 Å². The van der Waals surface area contributed by atoms with Crippen molar-refractivity contribution < 1.29 is 8.42 Å². The Hall–Kier alpha value is -2.02. The van der Waals surface area contributed by atoms with Gasteiger partial charge in [0.25, 0.3) is 0 Å². The van der Waals surface area contributed by atoms with Crippen LogP contribution in [-0.2, 0) is 10.0 Å². The summed E-state index contributed by atoms with van der Waals surface area (Å²) in [7, 11) is -3.47. The van der Waals surface area contributed by atoms with Gasteiger partial charge in [0.1, 0.15) is 0 Å². The lowest BCUT2D eigenvalue weighted by Crippen LogP contribution is -2.48. The number of para-hydroxylation sites is 1. The first-order valence-electron chi connectivity index (χ1n) is 8.96. The molecule has 4 nitrogen and oxygen atoms in total. The van der Waals surface area contributed by atoms with Crippen LogP contribution in [0.15, 0.2) is 76.5 Å². The first-order valence-corrected chi connectivity index (χ1v) is 11.6. The van der Waals surface area contributed by atoms with E-state index in [4.69, 9.17) is 0 Å². The maximum Gasteiger partial charge on any atom is 0.243 e. The minimum absolute atomic E-state index is 0.374. The summed E-state index contributed by atoms with van der Waals surface area (Å²) in [6.07, 6.45) is 2.07. The second kappa shape index (κ2) is 7.54. The van der Waals surface area contributed by atoms with Crippen molar-refractivity contribution in [1.29, 1.82) is 0 Å². The molecule has 0 N–H and O–H groups in total. The molecule has 0 unspecified atom stereocenters. The molecule has 3 aromatic rings. The van der Waals surface area contributed by atoms with Crippen LogP contribution in [0.5, 0.6) is 0 Å². The lowest BCUT2D eigenvalue weighted by Gasteiger charge is -2.36. The topological polar surface area (TPSA) is 40.6 Å². The number of hydrogen-bond acceptors (Lipinski definition) is 4. The third-order valence-electron chi connectivity index (χ3n) is 5.02. The van der Waals surface area contributed by atoms with Gasteiger partial charge < -0.3 is 4.90 Å². The zero-order valence-electron chi connectivity index (χ0n) is 15.2. The number of benzene rings is 3. The molecule has 0 radical (unpaired) electrons. The highest BCUT2D eigenvalue weighted by Crippen LogP contribution is 2.30. The van der Waals surface area contributed by atoms with Crippen molar-refractivity contribution in [3.63, 3.8) is 0 Å². The van der Waals surface area contributed by atoms with E-state index in [2.05, 4.69) is 23.3 Å². The predicted octanol–water partition coefficient (Wildman–Crippen LogP) is 4.07. The van der Waals surface area contributed by atoms with Crippen molar-refractivity contribution in [2.75, 3.05) is 37.3 Å². The summed E-state index contributed by atoms with van der Waals surface area (Å²) in [5.41, 5.74) is 1.19. The fourth-order valence-electron chi connectivity index (χ4n) is 3.54. The Balaban J connectivity index is 1.54.